The lowest BCUT2D eigenvalue weighted by atomic mass is 10.1. The van der Waals surface area contributed by atoms with Crippen LogP contribution in [-0.4, -0.2) is 24.4 Å². The number of halogens is 1. The van der Waals surface area contributed by atoms with E-state index in [1.165, 1.54) is 0 Å². The first kappa shape index (κ1) is 11.8. The van der Waals surface area contributed by atoms with Crippen LogP contribution in [0.4, 0.5) is 0 Å². The average Bonchev–Trinajstić information content (AvgIpc) is 3.05. The molecule has 4 heteroatoms. The average molecular weight is 266 g/mol. The van der Waals surface area contributed by atoms with E-state index in [0.717, 1.165) is 24.2 Å². The molecule has 0 radical (unpaired) electrons. The zero-order chi connectivity index (χ0) is 12.6. The summed E-state index contributed by atoms with van der Waals surface area (Å²) in [4.78, 5) is 12.0. The van der Waals surface area contributed by atoms with Crippen molar-refractivity contribution in [1.29, 1.82) is 0 Å². The maximum atomic E-state index is 12.0. The van der Waals surface area contributed by atoms with Gasteiger partial charge in [-0.25, -0.2) is 0 Å². The van der Waals surface area contributed by atoms with Crippen LogP contribution in [0.1, 0.15) is 18.4 Å². The van der Waals surface area contributed by atoms with Gasteiger partial charge in [0.1, 0.15) is 5.75 Å². The number of alkyl halides is 1. The Kier molecular flexibility index (Phi) is 2.94. The summed E-state index contributed by atoms with van der Waals surface area (Å²) in [5, 5.41) is 2.96. The van der Waals surface area contributed by atoms with Crippen molar-refractivity contribution in [2.75, 3.05) is 12.4 Å². The molecule has 1 unspecified atom stereocenters. The first-order chi connectivity index (χ1) is 8.72. The van der Waals surface area contributed by atoms with E-state index in [1.807, 2.05) is 24.3 Å². The summed E-state index contributed by atoms with van der Waals surface area (Å²) < 4.78 is 5.64. The second-order valence-corrected chi connectivity index (χ2v) is 5.54. The maximum Gasteiger partial charge on any atom is 0.261 e. The Balaban J connectivity index is 1.56. The number of hydrogen-bond acceptors (Lipinski definition) is 2. The summed E-state index contributed by atoms with van der Waals surface area (Å²) >= 11 is 5.89. The Bertz CT molecular complexity index is 446. The molecule has 0 bridgehead atoms. The molecule has 1 atom stereocenters. The number of rotatable bonds is 4. The molecule has 0 aromatic heterocycles. The summed E-state index contributed by atoms with van der Waals surface area (Å²) in [5.41, 5.74) is 1.26. The molecule has 1 N–H and O–H groups in total. The Hall–Kier alpha value is -1.22. The van der Waals surface area contributed by atoms with E-state index < -0.39 is 0 Å². The predicted molar refractivity (Wildman–Crippen MR) is 70.0 cm³/mol. The second kappa shape index (κ2) is 4.47. The normalized spacial score (nSPS) is 23.1. The zero-order valence-corrected chi connectivity index (χ0v) is 10.9. The van der Waals surface area contributed by atoms with Gasteiger partial charge in [-0.2, -0.15) is 0 Å². The predicted octanol–water partition coefficient (Wildman–Crippen LogP) is 2.13. The Labute approximate surface area is 111 Å². The quantitative estimate of drug-likeness (QED) is 0.847. The van der Waals surface area contributed by atoms with Gasteiger partial charge in [-0.15, -0.1) is 11.6 Å². The van der Waals surface area contributed by atoms with Crippen molar-refractivity contribution < 1.29 is 9.53 Å². The van der Waals surface area contributed by atoms with Crippen LogP contribution in [0, 0.1) is 5.41 Å². The Morgan fingerprint density at radius 1 is 1.44 bits per heavy atom. The van der Waals surface area contributed by atoms with Crippen LogP contribution in [0.25, 0.3) is 0 Å². The molecule has 1 amide bonds. The van der Waals surface area contributed by atoms with E-state index in [1.54, 1.807) is 0 Å². The highest BCUT2D eigenvalue weighted by Crippen LogP contribution is 2.45. The minimum absolute atomic E-state index is 0.0254. The highest BCUT2D eigenvalue weighted by molar-refractivity contribution is 6.18. The van der Waals surface area contributed by atoms with Crippen molar-refractivity contribution in [3.05, 3.63) is 29.8 Å². The number of benzene rings is 1. The third kappa shape index (κ3) is 2.19. The number of carbonyl (C=O) groups is 1. The van der Waals surface area contributed by atoms with E-state index in [2.05, 4.69) is 5.32 Å². The molecular formula is C14H16ClNO2. The summed E-state index contributed by atoms with van der Waals surface area (Å²) in [6, 6.07) is 7.80. The lowest BCUT2D eigenvalue weighted by Gasteiger charge is -2.15. The number of ether oxygens (including phenoxy) is 1. The summed E-state index contributed by atoms with van der Waals surface area (Å²) in [6.45, 7) is 0.672. The number of nitrogens with one attached hydrogen (secondary N) is 1. The van der Waals surface area contributed by atoms with E-state index >= 15 is 0 Å². The third-order valence-electron chi connectivity index (χ3n) is 3.82. The van der Waals surface area contributed by atoms with Gasteiger partial charge in [-0.1, -0.05) is 18.2 Å². The number of fused-ring (bicyclic) bond motifs is 1. The van der Waals surface area contributed by atoms with Crippen molar-refractivity contribution in [3.8, 4) is 5.75 Å². The van der Waals surface area contributed by atoms with E-state index in [9.17, 15) is 4.79 Å². The largest absolute Gasteiger partial charge is 0.480 e. The molecule has 0 saturated heterocycles. The molecule has 3 nitrogen and oxygen atoms in total. The highest BCUT2D eigenvalue weighted by Gasteiger charge is 2.42. The molecule has 1 aromatic rings. The van der Waals surface area contributed by atoms with Crippen LogP contribution < -0.4 is 10.1 Å². The minimum atomic E-state index is -0.381. The number of hydrogen-bond donors (Lipinski definition) is 1. The fraction of sp³-hybridized carbons (Fsp3) is 0.500. The van der Waals surface area contributed by atoms with Gasteiger partial charge in [0.2, 0.25) is 0 Å². The van der Waals surface area contributed by atoms with Crippen LogP contribution in [0.5, 0.6) is 5.75 Å². The molecule has 1 aliphatic heterocycles. The molecule has 96 valence electrons. The van der Waals surface area contributed by atoms with Crippen molar-refractivity contribution in [2.24, 2.45) is 5.41 Å². The van der Waals surface area contributed by atoms with Crippen molar-refractivity contribution in [1.82, 2.24) is 5.32 Å². The molecule has 18 heavy (non-hydrogen) atoms. The molecule has 0 spiro atoms. The first-order valence-electron chi connectivity index (χ1n) is 6.31. The molecule has 1 aromatic carbocycles. The monoisotopic (exact) mass is 265 g/mol. The van der Waals surface area contributed by atoms with Crippen LogP contribution in [-0.2, 0) is 11.2 Å². The summed E-state index contributed by atoms with van der Waals surface area (Å²) in [5.74, 6) is 1.43. The van der Waals surface area contributed by atoms with E-state index in [4.69, 9.17) is 16.3 Å². The molecule has 1 aliphatic carbocycles. The SMILES string of the molecule is O=C(NCC1(CCl)CC1)C1Cc2ccccc2O1. The van der Waals surface area contributed by atoms with Gasteiger partial charge in [0.05, 0.1) is 0 Å². The number of carbonyl (C=O) groups excluding carboxylic acids is 1. The zero-order valence-electron chi connectivity index (χ0n) is 10.1. The maximum absolute atomic E-state index is 12.0. The lowest BCUT2D eigenvalue weighted by molar-refractivity contribution is -0.127. The van der Waals surface area contributed by atoms with Gasteiger partial charge >= 0.3 is 0 Å². The summed E-state index contributed by atoms with van der Waals surface area (Å²) in [7, 11) is 0. The van der Waals surface area contributed by atoms with Crippen LogP contribution >= 0.6 is 11.6 Å². The molecule has 1 heterocycles. The van der Waals surface area contributed by atoms with Gasteiger partial charge < -0.3 is 10.1 Å². The fourth-order valence-electron chi connectivity index (χ4n) is 2.25. The Morgan fingerprint density at radius 3 is 2.89 bits per heavy atom. The smallest absolute Gasteiger partial charge is 0.261 e. The standard InChI is InChI=1S/C14H16ClNO2/c15-8-14(5-6-14)9-16-13(17)12-7-10-3-1-2-4-11(10)18-12/h1-4,12H,5-9H2,(H,16,17). The first-order valence-corrected chi connectivity index (χ1v) is 6.84. The van der Waals surface area contributed by atoms with Crippen molar-refractivity contribution in [3.63, 3.8) is 0 Å². The lowest BCUT2D eigenvalue weighted by Crippen LogP contribution is -2.40. The number of amides is 1. The van der Waals surface area contributed by atoms with Crippen LogP contribution in [0.3, 0.4) is 0 Å². The van der Waals surface area contributed by atoms with Gasteiger partial charge in [-0.3, -0.25) is 4.79 Å². The van der Waals surface area contributed by atoms with Gasteiger partial charge in [-0.05, 0) is 24.5 Å². The molecule has 2 aliphatic rings. The van der Waals surface area contributed by atoms with Crippen molar-refractivity contribution in [2.45, 2.75) is 25.4 Å². The van der Waals surface area contributed by atoms with Gasteiger partial charge in [0.25, 0.3) is 5.91 Å². The molecular weight excluding hydrogens is 250 g/mol. The topological polar surface area (TPSA) is 38.3 Å². The summed E-state index contributed by atoms with van der Waals surface area (Å²) in [6.07, 6.45) is 2.51. The molecule has 1 fully saturated rings. The van der Waals surface area contributed by atoms with Gasteiger partial charge in [0.15, 0.2) is 6.10 Å². The fourth-order valence-corrected chi connectivity index (χ4v) is 2.61. The third-order valence-corrected chi connectivity index (χ3v) is 4.38. The van der Waals surface area contributed by atoms with Crippen LogP contribution in [0.2, 0.25) is 0 Å². The van der Waals surface area contributed by atoms with E-state index in [-0.39, 0.29) is 17.4 Å². The van der Waals surface area contributed by atoms with Crippen molar-refractivity contribution >= 4 is 17.5 Å². The molecule has 1 saturated carbocycles. The minimum Gasteiger partial charge on any atom is -0.480 e. The Morgan fingerprint density at radius 2 is 2.22 bits per heavy atom. The second-order valence-electron chi connectivity index (χ2n) is 5.27. The van der Waals surface area contributed by atoms with Crippen LogP contribution in [0.15, 0.2) is 24.3 Å². The number of para-hydroxylation sites is 1. The highest BCUT2D eigenvalue weighted by atomic mass is 35.5. The van der Waals surface area contributed by atoms with Gasteiger partial charge in [0, 0.05) is 24.3 Å². The van der Waals surface area contributed by atoms with E-state index in [0.29, 0.717) is 18.8 Å². The molecule has 3 rings (SSSR count).